The SMILES string of the molecule is O=S(=O)([O-])C(I)I.O=S(=O)([O-])C(I)I.[Na+].[Na+]. The van der Waals surface area contributed by atoms with Crippen LogP contribution < -0.4 is 59.1 Å². The van der Waals surface area contributed by atoms with Crippen LogP contribution >= 0.6 is 90.4 Å². The molecular formula is C2H2I4Na2O6S2. The van der Waals surface area contributed by atoms with Crippen LogP contribution in [0.1, 0.15) is 0 Å². The molecule has 0 aromatic carbocycles. The summed E-state index contributed by atoms with van der Waals surface area (Å²) in [4.78, 5) is 0. The van der Waals surface area contributed by atoms with Gasteiger partial charge in [0.2, 0.25) is 0 Å². The zero-order valence-electron chi connectivity index (χ0n) is 7.93. The smallest absolute Gasteiger partial charge is 0.747 e. The molecule has 0 fully saturated rings. The molecular weight excluding hydrogens is 738 g/mol. The van der Waals surface area contributed by atoms with Gasteiger partial charge in [-0.1, -0.05) is 90.4 Å². The maximum Gasteiger partial charge on any atom is 1.00 e. The second-order valence-electron chi connectivity index (χ2n) is 1.51. The van der Waals surface area contributed by atoms with Crippen LogP contribution in [0.2, 0.25) is 0 Å². The van der Waals surface area contributed by atoms with E-state index in [1.165, 1.54) is 90.4 Å². The van der Waals surface area contributed by atoms with Gasteiger partial charge in [-0.2, -0.15) is 0 Å². The fourth-order valence-electron chi connectivity index (χ4n) is 0. The van der Waals surface area contributed by atoms with Crippen molar-refractivity contribution in [2.45, 2.75) is 2.53 Å². The summed E-state index contributed by atoms with van der Waals surface area (Å²) < 4.78 is 56.9. The minimum atomic E-state index is -4.02. The number of halogens is 4. The van der Waals surface area contributed by atoms with Gasteiger partial charge in [0.15, 0.2) is 2.53 Å². The molecule has 0 saturated heterocycles. The summed E-state index contributed by atoms with van der Waals surface area (Å²) in [6.07, 6.45) is 0. The van der Waals surface area contributed by atoms with Crippen molar-refractivity contribution in [3.8, 4) is 0 Å². The summed E-state index contributed by atoms with van der Waals surface area (Å²) in [5.74, 6) is 0. The molecule has 88 valence electrons. The number of alkyl halides is 4. The minimum absolute atomic E-state index is 0. The molecule has 0 spiro atoms. The van der Waals surface area contributed by atoms with Gasteiger partial charge in [-0.3, -0.25) is 0 Å². The second-order valence-corrected chi connectivity index (χ2v) is 17.6. The average molecular weight is 740 g/mol. The molecule has 0 aliphatic carbocycles. The van der Waals surface area contributed by atoms with E-state index in [4.69, 9.17) is 0 Å². The van der Waals surface area contributed by atoms with Crippen LogP contribution in [-0.4, -0.2) is 28.5 Å². The fourth-order valence-corrected chi connectivity index (χ4v) is 0. The fraction of sp³-hybridized carbons (Fsp3) is 1.00. The Labute approximate surface area is 193 Å². The molecule has 14 heteroatoms. The van der Waals surface area contributed by atoms with E-state index in [0.717, 1.165) is 0 Å². The summed E-state index contributed by atoms with van der Waals surface area (Å²) in [7, 11) is -8.03. The van der Waals surface area contributed by atoms with Crippen molar-refractivity contribution in [2.24, 2.45) is 0 Å². The van der Waals surface area contributed by atoms with Crippen LogP contribution in [-0.2, 0) is 20.2 Å². The van der Waals surface area contributed by atoms with E-state index < -0.39 is 22.8 Å². The van der Waals surface area contributed by atoms with E-state index in [0.29, 0.717) is 0 Å². The first kappa shape index (κ1) is 28.8. The van der Waals surface area contributed by atoms with E-state index in [1.54, 1.807) is 0 Å². The zero-order valence-corrected chi connectivity index (χ0v) is 22.2. The molecule has 0 aliphatic heterocycles. The summed E-state index contributed by atoms with van der Waals surface area (Å²) in [6, 6.07) is 0. The first-order valence-electron chi connectivity index (χ1n) is 2.34. The monoisotopic (exact) mass is 740 g/mol. The Kier molecular flexibility index (Phi) is 24.2. The van der Waals surface area contributed by atoms with Crippen LogP contribution in [0.15, 0.2) is 0 Å². The quantitative estimate of drug-likeness (QED) is 0.122. The largest absolute Gasteiger partial charge is 1.00 e. The zero-order chi connectivity index (χ0) is 12.2. The third kappa shape index (κ3) is 21.0. The Bertz CT molecular complexity index is 315. The average Bonchev–Trinajstić information content (AvgIpc) is 1.83. The number of rotatable bonds is 2. The molecule has 0 rings (SSSR count). The molecule has 0 saturated carbocycles. The van der Waals surface area contributed by atoms with Gasteiger partial charge in [-0.05, 0) is 0 Å². The molecule has 0 amide bonds. The Morgan fingerprint density at radius 2 is 0.750 bits per heavy atom. The van der Waals surface area contributed by atoms with Gasteiger partial charge in [0, 0.05) is 0 Å². The minimum Gasteiger partial charge on any atom is -0.747 e. The van der Waals surface area contributed by atoms with Gasteiger partial charge in [0.05, 0.1) is 0 Å². The molecule has 0 aliphatic rings. The topological polar surface area (TPSA) is 114 Å². The van der Waals surface area contributed by atoms with Crippen molar-refractivity contribution in [3.63, 3.8) is 0 Å². The van der Waals surface area contributed by atoms with Gasteiger partial charge in [0.25, 0.3) is 0 Å². The summed E-state index contributed by atoms with van der Waals surface area (Å²) in [6.45, 7) is 0. The maximum atomic E-state index is 9.76. The third-order valence-electron chi connectivity index (χ3n) is 0.436. The third-order valence-corrected chi connectivity index (χ3v) is 8.78. The van der Waals surface area contributed by atoms with Crippen LogP contribution in [0.25, 0.3) is 0 Å². The second kappa shape index (κ2) is 13.4. The Morgan fingerprint density at radius 3 is 0.750 bits per heavy atom. The molecule has 0 radical (unpaired) electrons. The van der Waals surface area contributed by atoms with Crippen molar-refractivity contribution < 1.29 is 85.1 Å². The predicted molar refractivity (Wildman–Crippen MR) is 83.1 cm³/mol. The molecule has 0 aromatic rings. The first-order valence-corrected chi connectivity index (χ1v) is 10.3. The van der Waals surface area contributed by atoms with Gasteiger partial charge in [0.1, 0.15) is 20.2 Å². The summed E-state index contributed by atoms with van der Waals surface area (Å²) >= 11 is 6.14. The molecule has 0 unspecified atom stereocenters. The van der Waals surface area contributed by atoms with Gasteiger partial charge in [-0.25, -0.2) is 16.8 Å². The van der Waals surface area contributed by atoms with E-state index in [1.807, 2.05) is 0 Å². The van der Waals surface area contributed by atoms with E-state index >= 15 is 0 Å². The van der Waals surface area contributed by atoms with Gasteiger partial charge in [-0.15, -0.1) is 0 Å². The van der Waals surface area contributed by atoms with Crippen LogP contribution in [0.3, 0.4) is 0 Å². The molecule has 0 heterocycles. The van der Waals surface area contributed by atoms with E-state index in [-0.39, 0.29) is 59.1 Å². The number of hydrogen-bond donors (Lipinski definition) is 0. The van der Waals surface area contributed by atoms with Crippen molar-refractivity contribution in [2.75, 3.05) is 0 Å². The standard InChI is InChI=1S/2CH2I2O3S.2Na/c2*2-1(3)7(4,5)6;;/h2*1H,(H,4,5,6);;/q;;2*+1/p-2. The first-order chi connectivity index (χ1) is 5.89. The molecule has 0 atom stereocenters. The van der Waals surface area contributed by atoms with Crippen molar-refractivity contribution in [1.29, 1.82) is 0 Å². The van der Waals surface area contributed by atoms with Gasteiger partial charge < -0.3 is 9.11 Å². The van der Waals surface area contributed by atoms with Gasteiger partial charge >= 0.3 is 59.1 Å². The van der Waals surface area contributed by atoms with E-state index in [2.05, 4.69) is 0 Å². The molecule has 0 aromatic heterocycles. The van der Waals surface area contributed by atoms with Crippen LogP contribution in [0.5, 0.6) is 0 Å². The molecule has 0 N–H and O–H groups in total. The molecule has 6 nitrogen and oxygen atoms in total. The van der Waals surface area contributed by atoms with Crippen molar-refractivity contribution in [1.82, 2.24) is 0 Å². The van der Waals surface area contributed by atoms with Crippen LogP contribution in [0, 0.1) is 0 Å². The normalized spacial score (nSPS) is 11.0. The summed E-state index contributed by atoms with van der Waals surface area (Å²) in [5.41, 5.74) is 0. The van der Waals surface area contributed by atoms with Crippen LogP contribution in [0.4, 0.5) is 0 Å². The molecule has 16 heavy (non-hydrogen) atoms. The molecule has 0 bridgehead atoms. The van der Waals surface area contributed by atoms with Crippen molar-refractivity contribution >= 4 is 111 Å². The number of hydrogen-bond acceptors (Lipinski definition) is 6. The van der Waals surface area contributed by atoms with E-state index in [9.17, 15) is 25.9 Å². The Morgan fingerprint density at radius 1 is 0.688 bits per heavy atom. The predicted octanol–water partition coefficient (Wildman–Crippen LogP) is -4.62. The Balaban J connectivity index is -0.0000000800. The summed E-state index contributed by atoms with van der Waals surface area (Å²) in [5, 5.41) is 0. The Hall–Kier alpha value is 4.74. The maximum absolute atomic E-state index is 9.76. The van der Waals surface area contributed by atoms with Crippen molar-refractivity contribution in [3.05, 3.63) is 0 Å².